The van der Waals surface area contributed by atoms with Crippen LogP contribution in [-0.2, 0) is 14.3 Å². The minimum absolute atomic E-state index is 0.165. The Morgan fingerprint density at radius 1 is 1.08 bits per heavy atom. The molecule has 0 saturated carbocycles. The molecule has 0 amide bonds. The summed E-state index contributed by atoms with van der Waals surface area (Å²) in [5.41, 5.74) is 0. The predicted octanol–water partition coefficient (Wildman–Crippen LogP) is 4.49. The van der Waals surface area contributed by atoms with Gasteiger partial charge in [0.2, 0.25) is 0 Å². The van der Waals surface area contributed by atoms with E-state index in [9.17, 15) is 9.59 Å². The highest BCUT2D eigenvalue weighted by atomic mass is 16.6. The van der Waals surface area contributed by atoms with Crippen molar-refractivity contribution in [1.29, 1.82) is 0 Å². The minimum Gasteiger partial charge on any atom is -0.479 e. The molecule has 0 rings (SSSR count). The summed E-state index contributed by atoms with van der Waals surface area (Å²) in [6, 6.07) is 0. The van der Waals surface area contributed by atoms with E-state index in [0.717, 1.165) is 6.42 Å². The first-order valence-electron chi connectivity index (χ1n) is 9.13. The van der Waals surface area contributed by atoms with Gasteiger partial charge in [-0.1, -0.05) is 56.9 Å². The Balaban J connectivity index is 3.64. The van der Waals surface area contributed by atoms with Crippen LogP contribution in [0.3, 0.4) is 0 Å². The molecule has 25 heavy (non-hydrogen) atoms. The molecule has 0 aliphatic heterocycles. The van der Waals surface area contributed by atoms with Gasteiger partial charge in [0.05, 0.1) is 0 Å². The molecular weight excluding hydrogens is 316 g/mol. The third-order valence-electron chi connectivity index (χ3n) is 3.49. The molecular formula is C21H30O4. The summed E-state index contributed by atoms with van der Waals surface area (Å²) in [7, 11) is 0. The van der Waals surface area contributed by atoms with Gasteiger partial charge in [-0.3, -0.25) is 4.79 Å². The molecule has 0 radical (unpaired) electrons. The third-order valence-corrected chi connectivity index (χ3v) is 3.49. The van der Waals surface area contributed by atoms with Crippen molar-refractivity contribution in [2.45, 2.75) is 84.2 Å². The van der Waals surface area contributed by atoms with E-state index >= 15 is 0 Å². The van der Waals surface area contributed by atoms with E-state index in [1.165, 1.54) is 45.4 Å². The van der Waals surface area contributed by atoms with Crippen LogP contribution < -0.4 is 0 Å². The van der Waals surface area contributed by atoms with Crippen molar-refractivity contribution >= 4 is 11.9 Å². The van der Waals surface area contributed by atoms with Crippen molar-refractivity contribution in [3.8, 4) is 23.7 Å². The van der Waals surface area contributed by atoms with Gasteiger partial charge in [0.1, 0.15) is 0 Å². The van der Waals surface area contributed by atoms with Gasteiger partial charge in [-0.2, -0.15) is 0 Å². The van der Waals surface area contributed by atoms with Crippen LogP contribution in [0.5, 0.6) is 0 Å². The number of aliphatic carboxylic acids is 1. The molecule has 0 aromatic rings. The fourth-order valence-corrected chi connectivity index (χ4v) is 2.00. The first-order chi connectivity index (χ1) is 12.1. The van der Waals surface area contributed by atoms with Crippen LogP contribution in [0.1, 0.15) is 78.1 Å². The number of esters is 1. The minimum atomic E-state index is -1.15. The largest absolute Gasteiger partial charge is 0.479 e. The summed E-state index contributed by atoms with van der Waals surface area (Å²) < 4.78 is 4.71. The lowest BCUT2D eigenvalue weighted by atomic mass is 10.1. The Bertz CT molecular complexity index is 526. The molecule has 0 fully saturated rings. The van der Waals surface area contributed by atoms with Crippen LogP contribution in [-0.4, -0.2) is 23.1 Å². The number of carboxylic acids is 1. The maximum atomic E-state index is 11.3. The van der Waals surface area contributed by atoms with Crippen LogP contribution in [0, 0.1) is 23.7 Å². The topological polar surface area (TPSA) is 63.6 Å². The molecule has 4 nitrogen and oxygen atoms in total. The molecule has 0 saturated heterocycles. The van der Waals surface area contributed by atoms with E-state index in [1.54, 1.807) is 0 Å². The molecule has 0 aromatic heterocycles. The molecule has 1 atom stereocenters. The third kappa shape index (κ3) is 16.4. The van der Waals surface area contributed by atoms with Crippen LogP contribution in [0.4, 0.5) is 0 Å². The number of carbonyl (C=O) groups excluding carboxylic acids is 1. The maximum Gasteiger partial charge on any atom is 0.344 e. The lowest BCUT2D eigenvalue weighted by molar-refractivity contribution is -0.162. The summed E-state index contributed by atoms with van der Waals surface area (Å²) in [5.74, 6) is 9.56. The molecule has 138 valence electrons. The Hall–Kier alpha value is -2.20. The van der Waals surface area contributed by atoms with E-state index in [0.29, 0.717) is 12.8 Å². The van der Waals surface area contributed by atoms with Crippen LogP contribution in [0.2, 0.25) is 0 Å². The normalized spacial score (nSPS) is 11.1. The fraction of sp³-hybridized carbons (Fsp3) is 0.619. The Morgan fingerprint density at radius 3 is 2.52 bits per heavy atom. The standard InChI is InChI=1S/C21H30O4/c1-3-4-5-6-7-8-9-10-11-12-13-14-15-16-17-18-20(22)25-19(2)21(23)24/h10-11,19H,3-9,16-18H2,1-2H3,(H,23,24). The smallest absolute Gasteiger partial charge is 0.344 e. The van der Waals surface area contributed by atoms with Crippen molar-refractivity contribution in [1.82, 2.24) is 0 Å². The molecule has 0 aliphatic carbocycles. The highest BCUT2D eigenvalue weighted by Gasteiger charge is 2.15. The zero-order valence-corrected chi connectivity index (χ0v) is 15.5. The average molecular weight is 346 g/mol. The summed E-state index contributed by atoms with van der Waals surface area (Å²) >= 11 is 0. The summed E-state index contributed by atoms with van der Waals surface area (Å²) in [4.78, 5) is 21.8. The van der Waals surface area contributed by atoms with E-state index in [-0.39, 0.29) is 6.42 Å². The van der Waals surface area contributed by atoms with E-state index in [2.05, 4.69) is 36.7 Å². The maximum absolute atomic E-state index is 11.3. The quantitative estimate of drug-likeness (QED) is 0.321. The number of carbonyl (C=O) groups is 2. The Labute approximate surface area is 152 Å². The predicted molar refractivity (Wildman–Crippen MR) is 99.7 cm³/mol. The Kier molecular flexibility index (Phi) is 15.2. The fourth-order valence-electron chi connectivity index (χ4n) is 2.00. The van der Waals surface area contributed by atoms with Crippen molar-refractivity contribution in [3.05, 3.63) is 12.2 Å². The van der Waals surface area contributed by atoms with Crippen molar-refractivity contribution in [2.24, 2.45) is 0 Å². The zero-order valence-electron chi connectivity index (χ0n) is 15.5. The summed E-state index contributed by atoms with van der Waals surface area (Å²) in [6.07, 6.45) is 12.9. The molecule has 0 bridgehead atoms. The van der Waals surface area contributed by atoms with Crippen LogP contribution in [0.15, 0.2) is 12.2 Å². The van der Waals surface area contributed by atoms with Gasteiger partial charge < -0.3 is 9.84 Å². The highest BCUT2D eigenvalue weighted by molar-refractivity contribution is 5.77. The number of hydrogen-bond acceptors (Lipinski definition) is 3. The lowest BCUT2D eigenvalue weighted by Gasteiger charge is -2.07. The highest BCUT2D eigenvalue weighted by Crippen LogP contribution is 2.06. The summed E-state index contributed by atoms with van der Waals surface area (Å²) in [5, 5.41) is 8.61. The van der Waals surface area contributed by atoms with Gasteiger partial charge in [0, 0.05) is 12.8 Å². The first-order valence-corrected chi connectivity index (χ1v) is 9.13. The van der Waals surface area contributed by atoms with Gasteiger partial charge in [0.25, 0.3) is 0 Å². The molecule has 1 N–H and O–H groups in total. The molecule has 0 spiro atoms. The van der Waals surface area contributed by atoms with Gasteiger partial charge in [-0.05, 0) is 44.1 Å². The van der Waals surface area contributed by atoms with E-state index < -0.39 is 18.0 Å². The first kappa shape index (κ1) is 22.8. The molecule has 1 unspecified atom stereocenters. The lowest BCUT2D eigenvalue weighted by Crippen LogP contribution is -2.23. The van der Waals surface area contributed by atoms with Gasteiger partial charge in [-0.15, -0.1) is 0 Å². The van der Waals surface area contributed by atoms with E-state index in [1.807, 2.05) is 6.08 Å². The zero-order chi connectivity index (χ0) is 18.8. The van der Waals surface area contributed by atoms with Crippen molar-refractivity contribution in [2.75, 3.05) is 0 Å². The Morgan fingerprint density at radius 2 is 1.80 bits per heavy atom. The second kappa shape index (κ2) is 16.7. The summed E-state index contributed by atoms with van der Waals surface area (Å²) in [6.45, 7) is 3.55. The second-order valence-corrected chi connectivity index (χ2v) is 5.85. The molecule has 4 heteroatoms. The van der Waals surface area contributed by atoms with Gasteiger partial charge >= 0.3 is 11.9 Å². The molecule has 0 aromatic carbocycles. The molecule has 0 heterocycles. The number of rotatable bonds is 12. The van der Waals surface area contributed by atoms with Crippen molar-refractivity contribution < 1.29 is 19.4 Å². The number of ether oxygens (including phenoxy) is 1. The van der Waals surface area contributed by atoms with Crippen LogP contribution in [0.25, 0.3) is 0 Å². The number of unbranched alkanes of at least 4 members (excludes halogenated alkanes) is 7. The van der Waals surface area contributed by atoms with Gasteiger partial charge in [-0.25, -0.2) is 4.79 Å². The monoisotopic (exact) mass is 346 g/mol. The number of carboxylic acid groups (broad SMARTS) is 1. The average Bonchev–Trinajstić information content (AvgIpc) is 2.58. The second-order valence-electron chi connectivity index (χ2n) is 5.85. The number of hydrogen-bond donors (Lipinski definition) is 1. The van der Waals surface area contributed by atoms with Gasteiger partial charge in [0.15, 0.2) is 6.10 Å². The van der Waals surface area contributed by atoms with Crippen molar-refractivity contribution in [3.63, 3.8) is 0 Å². The number of allylic oxidation sites excluding steroid dienone is 2. The molecule has 0 aliphatic rings. The SMILES string of the molecule is CCCCCCCCC=CC#CC#CCCCC(=O)OC(C)C(=O)O. The van der Waals surface area contributed by atoms with E-state index in [4.69, 9.17) is 9.84 Å². The van der Waals surface area contributed by atoms with Crippen LogP contribution >= 0.6 is 0 Å².